The molecule has 0 saturated heterocycles. The first kappa shape index (κ1) is 21.4. The molecule has 0 spiro atoms. The number of hydrogen-bond donors (Lipinski definition) is 0. The van der Waals surface area contributed by atoms with Crippen molar-refractivity contribution in [3.63, 3.8) is 0 Å². The van der Waals surface area contributed by atoms with Gasteiger partial charge in [0.05, 0.1) is 0 Å². The molecule has 3 aromatic rings. The Labute approximate surface area is 180 Å². The number of hydrogen-bond acceptors (Lipinski definition) is 0. The summed E-state index contributed by atoms with van der Waals surface area (Å²) < 4.78 is 14.6. The van der Waals surface area contributed by atoms with Crippen molar-refractivity contribution >= 4 is 0 Å². The summed E-state index contributed by atoms with van der Waals surface area (Å²) in [6, 6.07) is 21.2. The van der Waals surface area contributed by atoms with E-state index >= 15 is 0 Å². The van der Waals surface area contributed by atoms with Crippen LogP contribution in [0.2, 0.25) is 0 Å². The first-order valence-electron chi connectivity index (χ1n) is 10.6. The SMILES string of the molecule is CCCCCC#CCc1ccc(C#Cc2ccc(-c3ccc(C)cc3)c(F)c2)cc1. The maximum Gasteiger partial charge on any atom is 0.132 e. The van der Waals surface area contributed by atoms with E-state index in [-0.39, 0.29) is 5.82 Å². The molecule has 3 aromatic carbocycles. The molecule has 0 unspecified atom stereocenters. The van der Waals surface area contributed by atoms with E-state index in [4.69, 9.17) is 0 Å². The van der Waals surface area contributed by atoms with E-state index in [0.717, 1.165) is 29.5 Å². The van der Waals surface area contributed by atoms with Gasteiger partial charge in [0.25, 0.3) is 0 Å². The molecule has 0 atom stereocenters. The monoisotopic (exact) mass is 394 g/mol. The van der Waals surface area contributed by atoms with Crippen LogP contribution in [0, 0.1) is 36.4 Å². The lowest BCUT2D eigenvalue weighted by Gasteiger charge is -2.04. The summed E-state index contributed by atoms with van der Waals surface area (Å²) in [5, 5.41) is 0. The Morgan fingerprint density at radius 1 is 0.767 bits per heavy atom. The number of unbranched alkanes of at least 4 members (excludes halogenated alkanes) is 3. The summed E-state index contributed by atoms with van der Waals surface area (Å²) in [6.07, 6.45) is 5.42. The number of rotatable bonds is 5. The molecule has 150 valence electrons. The van der Waals surface area contributed by atoms with E-state index in [0.29, 0.717) is 11.1 Å². The van der Waals surface area contributed by atoms with Crippen molar-refractivity contribution in [2.24, 2.45) is 0 Å². The lowest BCUT2D eigenvalue weighted by atomic mass is 10.0. The summed E-state index contributed by atoms with van der Waals surface area (Å²) in [5.41, 5.74) is 5.41. The van der Waals surface area contributed by atoms with Gasteiger partial charge < -0.3 is 0 Å². The van der Waals surface area contributed by atoms with Gasteiger partial charge in [-0.2, -0.15) is 0 Å². The Morgan fingerprint density at radius 3 is 2.17 bits per heavy atom. The van der Waals surface area contributed by atoms with E-state index < -0.39 is 0 Å². The fourth-order valence-corrected chi connectivity index (χ4v) is 3.13. The molecule has 0 radical (unpaired) electrons. The molecule has 30 heavy (non-hydrogen) atoms. The lowest BCUT2D eigenvalue weighted by Crippen LogP contribution is -1.87. The predicted molar refractivity (Wildman–Crippen MR) is 125 cm³/mol. The zero-order chi connectivity index (χ0) is 21.2. The van der Waals surface area contributed by atoms with Crippen molar-refractivity contribution in [1.82, 2.24) is 0 Å². The van der Waals surface area contributed by atoms with Crippen LogP contribution in [-0.4, -0.2) is 0 Å². The Bertz CT molecular complexity index is 1080. The van der Waals surface area contributed by atoms with Crippen LogP contribution in [-0.2, 0) is 6.42 Å². The Balaban J connectivity index is 1.63. The second-order valence-electron chi connectivity index (χ2n) is 7.50. The van der Waals surface area contributed by atoms with Crippen molar-refractivity contribution in [3.05, 3.63) is 94.8 Å². The molecule has 0 fully saturated rings. The van der Waals surface area contributed by atoms with Gasteiger partial charge in [-0.1, -0.05) is 85.6 Å². The topological polar surface area (TPSA) is 0 Å². The molecule has 0 aliphatic rings. The van der Waals surface area contributed by atoms with E-state index in [1.165, 1.54) is 30.9 Å². The molecule has 0 nitrogen and oxygen atoms in total. The highest BCUT2D eigenvalue weighted by Gasteiger charge is 2.05. The van der Waals surface area contributed by atoms with Crippen LogP contribution in [0.1, 0.15) is 54.9 Å². The van der Waals surface area contributed by atoms with Crippen LogP contribution in [0.5, 0.6) is 0 Å². The minimum Gasteiger partial charge on any atom is -0.206 e. The molecule has 0 N–H and O–H groups in total. The maximum absolute atomic E-state index is 14.6. The molecule has 0 saturated carbocycles. The second-order valence-corrected chi connectivity index (χ2v) is 7.50. The van der Waals surface area contributed by atoms with Crippen LogP contribution < -0.4 is 0 Å². The standard InChI is InChI=1S/C29H27F/c1-3-4-5-6-7-8-9-24-12-14-25(15-13-24)16-17-26-18-21-28(29(30)22-26)27-19-10-23(2)11-20-27/h10-15,18-22H,3-6,9H2,1-2H3. The maximum atomic E-state index is 14.6. The quantitative estimate of drug-likeness (QED) is 0.314. The van der Waals surface area contributed by atoms with E-state index in [9.17, 15) is 4.39 Å². The Hall–Kier alpha value is -3.29. The highest BCUT2D eigenvalue weighted by Crippen LogP contribution is 2.23. The van der Waals surface area contributed by atoms with Gasteiger partial charge in [-0.05, 0) is 48.7 Å². The molecule has 0 aromatic heterocycles. The first-order valence-corrected chi connectivity index (χ1v) is 10.6. The number of benzene rings is 3. The van der Waals surface area contributed by atoms with Crippen molar-refractivity contribution in [1.29, 1.82) is 0 Å². The molecule has 0 bridgehead atoms. The smallest absolute Gasteiger partial charge is 0.132 e. The molecule has 0 heterocycles. The van der Waals surface area contributed by atoms with E-state index in [1.54, 1.807) is 6.07 Å². The molecule has 0 aliphatic heterocycles. The van der Waals surface area contributed by atoms with Gasteiger partial charge in [-0.3, -0.25) is 0 Å². The van der Waals surface area contributed by atoms with Gasteiger partial charge in [-0.25, -0.2) is 4.39 Å². The van der Waals surface area contributed by atoms with Crippen molar-refractivity contribution < 1.29 is 4.39 Å². The lowest BCUT2D eigenvalue weighted by molar-refractivity contribution is 0.631. The van der Waals surface area contributed by atoms with Crippen LogP contribution in [0.25, 0.3) is 11.1 Å². The predicted octanol–water partition coefficient (Wildman–Crippen LogP) is 7.33. The van der Waals surface area contributed by atoms with Crippen molar-refractivity contribution in [2.45, 2.75) is 46.0 Å². The summed E-state index contributed by atoms with van der Waals surface area (Å²) in [7, 11) is 0. The van der Waals surface area contributed by atoms with Crippen LogP contribution in [0.3, 0.4) is 0 Å². The van der Waals surface area contributed by atoms with E-state index in [2.05, 4.69) is 42.7 Å². The molecular formula is C29H27F. The van der Waals surface area contributed by atoms with Gasteiger partial charge in [0.1, 0.15) is 5.82 Å². The molecule has 0 aliphatic carbocycles. The minimum absolute atomic E-state index is 0.251. The minimum atomic E-state index is -0.251. The van der Waals surface area contributed by atoms with Gasteiger partial charge >= 0.3 is 0 Å². The van der Waals surface area contributed by atoms with Crippen LogP contribution in [0.4, 0.5) is 4.39 Å². The number of halogens is 1. The van der Waals surface area contributed by atoms with Crippen molar-refractivity contribution in [3.8, 4) is 34.8 Å². The average molecular weight is 395 g/mol. The molecular weight excluding hydrogens is 367 g/mol. The zero-order valence-electron chi connectivity index (χ0n) is 17.8. The van der Waals surface area contributed by atoms with Gasteiger partial charge in [0, 0.05) is 29.5 Å². The Morgan fingerprint density at radius 2 is 1.47 bits per heavy atom. The fourth-order valence-electron chi connectivity index (χ4n) is 3.13. The molecule has 1 heteroatoms. The Kier molecular flexibility index (Phi) is 7.88. The highest BCUT2D eigenvalue weighted by atomic mass is 19.1. The van der Waals surface area contributed by atoms with Gasteiger partial charge in [0.15, 0.2) is 0 Å². The average Bonchev–Trinajstić information content (AvgIpc) is 2.76. The zero-order valence-corrected chi connectivity index (χ0v) is 17.8. The molecule has 3 rings (SSSR count). The van der Waals surface area contributed by atoms with Crippen LogP contribution in [0.15, 0.2) is 66.7 Å². The molecule has 0 amide bonds. The van der Waals surface area contributed by atoms with Crippen LogP contribution >= 0.6 is 0 Å². The fraction of sp³-hybridized carbons (Fsp3) is 0.241. The normalized spacial score (nSPS) is 9.97. The van der Waals surface area contributed by atoms with Gasteiger partial charge in [-0.15, -0.1) is 5.92 Å². The van der Waals surface area contributed by atoms with E-state index in [1.807, 2.05) is 49.4 Å². The number of aryl methyl sites for hydroxylation is 1. The highest BCUT2D eigenvalue weighted by molar-refractivity contribution is 5.65. The third kappa shape index (κ3) is 6.37. The second kappa shape index (κ2) is 11.0. The summed E-state index contributed by atoms with van der Waals surface area (Å²) in [5.74, 6) is 12.4. The first-order chi connectivity index (χ1) is 14.7. The van der Waals surface area contributed by atoms with Gasteiger partial charge in [0.2, 0.25) is 0 Å². The summed E-state index contributed by atoms with van der Waals surface area (Å²) in [4.78, 5) is 0. The summed E-state index contributed by atoms with van der Waals surface area (Å²) >= 11 is 0. The third-order valence-corrected chi connectivity index (χ3v) is 4.96. The third-order valence-electron chi connectivity index (χ3n) is 4.96. The largest absolute Gasteiger partial charge is 0.206 e. The van der Waals surface area contributed by atoms with Crippen molar-refractivity contribution in [2.75, 3.05) is 0 Å². The summed E-state index contributed by atoms with van der Waals surface area (Å²) in [6.45, 7) is 4.22.